The molecule has 4 bridgehead atoms. The number of amides is 2. The molecule has 5 aliphatic rings. The Balaban J connectivity index is 1.52. The zero-order valence-electron chi connectivity index (χ0n) is 13.4. The van der Waals surface area contributed by atoms with Gasteiger partial charge in [-0.3, -0.25) is 0 Å². The fourth-order valence-electron chi connectivity index (χ4n) is 6.66. The summed E-state index contributed by atoms with van der Waals surface area (Å²) in [6, 6.07) is 0.146. The molecule has 2 amide bonds. The molecule has 5 rings (SSSR count). The molecule has 0 aromatic rings. The van der Waals surface area contributed by atoms with Crippen LogP contribution in [0, 0.1) is 16.7 Å². The second-order valence-corrected chi connectivity index (χ2v) is 8.94. The second-order valence-electron chi connectivity index (χ2n) is 8.94. The first-order chi connectivity index (χ1) is 9.90. The average molecular weight is 292 g/mol. The van der Waals surface area contributed by atoms with E-state index in [9.17, 15) is 4.79 Å². The Labute approximate surface area is 127 Å². The largest absolute Gasteiger partial charge is 0.378 e. The third kappa shape index (κ3) is 2.36. The van der Waals surface area contributed by atoms with Crippen LogP contribution in [0.4, 0.5) is 4.79 Å². The number of morpholine rings is 1. The van der Waals surface area contributed by atoms with E-state index in [-0.39, 0.29) is 11.6 Å². The third-order valence-electron chi connectivity index (χ3n) is 6.30. The van der Waals surface area contributed by atoms with Crippen molar-refractivity contribution in [1.82, 2.24) is 10.2 Å². The number of ether oxygens (including phenoxy) is 1. The normalized spacial score (nSPS) is 48.5. The van der Waals surface area contributed by atoms with Crippen LogP contribution in [-0.2, 0) is 4.74 Å². The van der Waals surface area contributed by atoms with Gasteiger partial charge in [-0.15, -0.1) is 0 Å². The molecule has 0 radical (unpaired) electrons. The molecule has 0 aromatic carbocycles. The van der Waals surface area contributed by atoms with Crippen LogP contribution < -0.4 is 5.32 Å². The molecule has 1 heterocycles. The van der Waals surface area contributed by atoms with Crippen LogP contribution in [0.1, 0.15) is 52.4 Å². The van der Waals surface area contributed by atoms with Gasteiger partial charge in [0.15, 0.2) is 0 Å². The fraction of sp³-hybridized carbons (Fsp3) is 0.941. The maximum atomic E-state index is 12.7. The first-order valence-corrected chi connectivity index (χ1v) is 8.54. The first kappa shape index (κ1) is 13.9. The molecule has 2 atom stereocenters. The van der Waals surface area contributed by atoms with Crippen molar-refractivity contribution in [2.45, 2.75) is 57.9 Å². The Bertz CT molecular complexity index is 440. The maximum Gasteiger partial charge on any atom is 0.317 e. The SMILES string of the molecule is CC12CC3CC(C)(C1)CC(NC(=O)N1CCOCC1)(C3)C2. The van der Waals surface area contributed by atoms with Gasteiger partial charge in [0.2, 0.25) is 0 Å². The van der Waals surface area contributed by atoms with Crippen molar-refractivity contribution in [1.29, 1.82) is 0 Å². The van der Waals surface area contributed by atoms with Crippen LogP contribution in [0.15, 0.2) is 0 Å². The van der Waals surface area contributed by atoms with Gasteiger partial charge < -0.3 is 15.0 Å². The summed E-state index contributed by atoms with van der Waals surface area (Å²) in [6.45, 7) is 7.73. The van der Waals surface area contributed by atoms with Gasteiger partial charge in [0.1, 0.15) is 0 Å². The summed E-state index contributed by atoms with van der Waals surface area (Å²) in [5.74, 6) is 0.821. The Kier molecular flexibility index (Phi) is 2.89. The van der Waals surface area contributed by atoms with Crippen molar-refractivity contribution in [2.24, 2.45) is 16.7 Å². The molecule has 21 heavy (non-hydrogen) atoms. The predicted octanol–water partition coefficient (Wildman–Crippen LogP) is 2.78. The summed E-state index contributed by atoms with van der Waals surface area (Å²) in [6.07, 6.45) is 7.67. The number of nitrogens with one attached hydrogen (secondary N) is 1. The Morgan fingerprint density at radius 1 is 1.05 bits per heavy atom. The summed E-state index contributed by atoms with van der Waals surface area (Å²) in [4.78, 5) is 14.6. The van der Waals surface area contributed by atoms with E-state index in [1.807, 2.05) is 4.90 Å². The molecule has 2 unspecified atom stereocenters. The lowest BCUT2D eigenvalue weighted by Crippen LogP contribution is -2.66. The molecule has 0 aromatic heterocycles. The van der Waals surface area contributed by atoms with Crippen molar-refractivity contribution in [3.63, 3.8) is 0 Å². The van der Waals surface area contributed by atoms with E-state index < -0.39 is 0 Å². The van der Waals surface area contributed by atoms with Gasteiger partial charge in [-0.2, -0.15) is 0 Å². The van der Waals surface area contributed by atoms with Crippen LogP contribution in [0.2, 0.25) is 0 Å². The first-order valence-electron chi connectivity index (χ1n) is 8.54. The highest BCUT2D eigenvalue weighted by Gasteiger charge is 2.60. The lowest BCUT2D eigenvalue weighted by molar-refractivity contribution is -0.114. The van der Waals surface area contributed by atoms with Crippen molar-refractivity contribution >= 4 is 6.03 Å². The number of nitrogens with zero attached hydrogens (tertiary/aromatic N) is 1. The quantitative estimate of drug-likeness (QED) is 0.807. The monoisotopic (exact) mass is 292 g/mol. The Hall–Kier alpha value is -0.770. The topological polar surface area (TPSA) is 41.6 Å². The molecule has 4 heteroatoms. The second kappa shape index (κ2) is 4.37. The lowest BCUT2D eigenvalue weighted by Gasteiger charge is -2.65. The van der Waals surface area contributed by atoms with Crippen molar-refractivity contribution in [3.8, 4) is 0 Å². The Morgan fingerprint density at radius 3 is 2.24 bits per heavy atom. The number of carbonyl (C=O) groups excluding carboxylic acids is 1. The minimum Gasteiger partial charge on any atom is -0.378 e. The number of hydrogen-bond donors (Lipinski definition) is 1. The van der Waals surface area contributed by atoms with Gasteiger partial charge >= 0.3 is 6.03 Å². The molecular formula is C17H28N2O2. The van der Waals surface area contributed by atoms with Crippen LogP contribution in [0.25, 0.3) is 0 Å². The minimum absolute atomic E-state index is 0.0678. The van der Waals surface area contributed by atoms with E-state index in [1.54, 1.807) is 0 Å². The predicted molar refractivity (Wildman–Crippen MR) is 81.1 cm³/mol. The molecule has 1 aliphatic heterocycles. The van der Waals surface area contributed by atoms with Gasteiger partial charge in [-0.05, 0) is 55.3 Å². The summed E-state index contributed by atoms with van der Waals surface area (Å²) in [5, 5.41) is 3.48. The standard InChI is InChI=1S/C17H28N2O2/c1-15-7-13-8-16(2,10-15)12-17(9-13,11-15)18-14(20)19-3-5-21-6-4-19/h13H,3-12H2,1-2H3,(H,18,20). The molecule has 4 aliphatic carbocycles. The molecular weight excluding hydrogens is 264 g/mol. The van der Waals surface area contributed by atoms with Gasteiger partial charge in [-0.25, -0.2) is 4.79 Å². The van der Waals surface area contributed by atoms with Crippen molar-refractivity contribution < 1.29 is 9.53 Å². The molecule has 0 spiro atoms. The van der Waals surface area contributed by atoms with Gasteiger partial charge in [0.25, 0.3) is 0 Å². The number of urea groups is 1. The highest BCUT2D eigenvalue weighted by Crippen LogP contribution is 2.66. The van der Waals surface area contributed by atoms with E-state index in [1.165, 1.54) is 38.5 Å². The summed E-state index contributed by atoms with van der Waals surface area (Å²) >= 11 is 0. The zero-order valence-corrected chi connectivity index (χ0v) is 13.4. The van der Waals surface area contributed by atoms with E-state index in [0.29, 0.717) is 24.0 Å². The molecule has 1 saturated heterocycles. The number of carbonyl (C=O) groups is 1. The fourth-order valence-corrected chi connectivity index (χ4v) is 6.66. The third-order valence-corrected chi connectivity index (χ3v) is 6.30. The zero-order chi connectivity index (χ0) is 14.7. The molecule has 118 valence electrons. The van der Waals surface area contributed by atoms with Gasteiger partial charge in [-0.1, -0.05) is 13.8 Å². The van der Waals surface area contributed by atoms with Crippen LogP contribution in [0.3, 0.4) is 0 Å². The van der Waals surface area contributed by atoms with E-state index in [4.69, 9.17) is 4.74 Å². The van der Waals surface area contributed by atoms with E-state index >= 15 is 0 Å². The molecule has 5 fully saturated rings. The van der Waals surface area contributed by atoms with Gasteiger partial charge in [0.05, 0.1) is 13.2 Å². The Morgan fingerprint density at radius 2 is 1.67 bits per heavy atom. The maximum absolute atomic E-state index is 12.7. The number of rotatable bonds is 1. The lowest BCUT2D eigenvalue weighted by atomic mass is 9.43. The van der Waals surface area contributed by atoms with Crippen LogP contribution in [0.5, 0.6) is 0 Å². The summed E-state index contributed by atoms with van der Waals surface area (Å²) < 4.78 is 5.35. The molecule has 4 saturated carbocycles. The minimum atomic E-state index is 0.0678. The highest BCUT2D eigenvalue weighted by molar-refractivity contribution is 5.75. The highest BCUT2D eigenvalue weighted by atomic mass is 16.5. The van der Waals surface area contributed by atoms with Crippen LogP contribution >= 0.6 is 0 Å². The van der Waals surface area contributed by atoms with E-state index in [0.717, 1.165) is 19.0 Å². The van der Waals surface area contributed by atoms with Crippen LogP contribution in [-0.4, -0.2) is 42.8 Å². The van der Waals surface area contributed by atoms with Crippen molar-refractivity contribution in [2.75, 3.05) is 26.3 Å². The van der Waals surface area contributed by atoms with E-state index in [2.05, 4.69) is 19.2 Å². The van der Waals surface area contributed by atoms with Crippen molar-refractivity contribution in [3.05, 3.63) is 0 Å². The summed E-state index contributed by atoms with van der Waals surface area (Å²) in [5.41, 5.74) is 0.969. The smallest absolute Gasteiger partial charge is 0.317 e. The molecule has 4 nitrogen and oxygen atoms in total. The average Bonchev–Trinajstić information content (AvgIpc) is 2.34. The number of hydrogen-bond acceptors (Lipinski definition) is 2. The van der Waals surface area contributed by atoms with Gasteiger partial charge in [0, 0.05) is 18.6 Å². The summed E-state index contributed by atoms with van der Waals surface area (Å²) in [7, 11) is 0. The molecule has 1 N–H and O–H groups in total.